The lowest BCUT2D eigenvalue weighted by molar-refractivity contribution is -0.885. The van der Waals surface area contributed by atoms with Crippen molar-refractivity contribution in [3.8, 4) is 0 Å². The number of rotatable bonds is 5. The van der Waals surface area contributed by atoms with E-state index in [1.807, 2.05) is 14.1 Å². The molecule has 5 heteroatoms. The van der Waals surface area contributed by atoms with Crippen LogP contribution < -0.4 is 17.0 Å². The number of hydrogen-bond acceptors (Lipinski definition) is 3. The predicted molar refractivity (Wildman–Crippen MR) is 50.2 cm³/mol. The van der Waals surface area contributed by atoms with Crippen molar-refractivity contribution < 1.29 is 36.1 Å². The van der Waals surface area contributed by atoms with E-state index in [0.29, 0.717) is 24.2 Å². The molecule has 0 aliphatic carbocycles. The third kappa shape index (κ3) is 8.47. The molecule has 0 aromatic carbocycles. The highest BCUT2D eigenvalue weighted by Gasteiger charge is 2.22. The lowest BCUT2D eigenvalue weighted by Crippen LogP contribution is -3.00. The second-order valence-corrected chi connectivity index (χ2v) is 3.93. The van der Waals surface area contributed by atoms with Crippen LogP contribution in [0.3, 0.4) is 0 Å². The summed E-state index contributed by atoms with van der Waals surface area (Å²) in [7, 11) is 3.78. The Morgan fingerprint density at radius 1 is 1.50 bits per heavy atom. The fraction of sp³-hybridized carbons (Fsp3) is 0.889. The topological polar surface area (TPSA) is 46.5 Å². The minimum Gasteiger partial charge on any atom is -1.00 e. The van der Waals surface area contributed by atoms with E-state index in [0.717, 1.165) is 0 Å². The molecule has 4 nitrogen and oxygen atoms in total. The Hall–Kier alpha value is -0.130. The van der Waals surface area contributed by atoms with Gasteiger partial charge in [0.2, 0.25) is 0 Å². The first kappa shape index (κ1) is 16.3. The molecule has 0 aliphatic rings. The lowest BCUT2D eigenvalue weighted by atomic mass is 10.3. The summed E-state index contributed by atoms with van der Waals surface area (Å²) < 4.78 is 5.28. The minimum atomic E-state index is -0.399. The number of ether oxygens (including phenoxy) is 1. The van der Waals surface area contributed by atoms with Crippen LogP contribution in [0.2, 0.25) is 0 Å². The quantitative estimate of drug-likeness (QED) is 0.428. The number of likely N-dealkylation sites (N-methyl/N-ethyl adjacent to an activating group) is 1. The number of aliphatic hydroxyl groups is 1. The van der Waals surface area contributed by atoms with Crippen molar-refractivity contribution in [2.75, 3.05) is 33.8 Å². The van der Waals surface area contributed by atoms with E-state index >= 15 is 0 Å². The van der Waals surface area contributed by atoms with Crippen molar-refractivity contribution in [3.05, 3.63) is 0 Å². The van der Waals surface area contributed by atoms with Gasteiger partial charge in [-0.25, -0.2) is 4.79 Å². The average molecular weight is 270 g/mol. The molecule has 1 unspecified atom stereocenters. The van der Waals surface area contributed by atoms with Crippen LogP contribution in [0.4, 0.5) is 0 Å². The zero-order chi connectivity index (χ0) is 10.5. The fourth-order valence-electron chi connectivity index (χ4n) is 1.34. The van der Waals surface area contributed by atoms with Gasteiger partial charge in [0.1, 0.15) is 12.6 Å². The summed E-state index contributed by atoms with van der Waals surface area (Å²) in [5.41, 5.74) is 0. The average Bonchev–Trinajstić information content (AvgIpc) is 1.81. The van der Waals surface area contributed by atoms with Crippen LogP contribution in [0, 0.1) is 0 Å². The number of halogens is 1. The van der Waals surface area contributed by atoms with Crippen molar-refractivity contribution in [3.63, 3.8) is 0 Å². The third-order valence-electron chi connectivity index (χ3n) is 1.62. The number of quaternary nitrogens is 1. The molecule has 0 bridgehead atoms. The minimum absolute atomic E-state index is 0. The number of nitrogens with zero attached hydrogens (tertiary/aromatic N) is 1. The lowest BCUT2D eigenvalue weighted by Gasteiger charge is -2.29. The van der Waals surface area contributed by atoms with Crippen LogP contribution >= 0.6 is 0 Å². The molecule has 0 fully saturated rings. The first-order valence-corrected chi connectivity index (χ1v) is 4.53. The van der Waals surface area contributed by atoms with Crippen LogP contribution in [-0.4, -0.2) is 55.5 Å². The Morgan fingerprint density at radius 3 is 2.36 bits per heavy atom. The molecule has 0 spiro atoms. The number of carbonyl (C=O) groups is 1. The Morgan fingerprint density at radius 2 is 2.00 bits per heavy atom. The van der Waals surface area contributed by atoms with Crippen molar-refractivity contribution in [1.82, 2.24) is 0 Å². The van der Waals surface area contributed by atoms with Crippen molar-refractivity contribution in [2.45, 2.75) is 20.0 Å². The van der Waals surface area contributed by atoms with Gasteiger partial charge in [0.05, 0.1) is 20.7 Å². The monoisotopic (exact) mass is 269 g/mol. The third-order valence-corrected chi connectivity index (χ3v) is 1.62. The molecule has 0 saturated heterocycles. The molecular weight excluding hydrogens is 250 g/mol. The van der Waals surface area contributed by atoms with E-state index in [1.165, 1.54) is 0 Å². The van der Waals surface area contributed by atoms with Crippen LogP contribution in [0.5, 0.6) is 0 Å². The smallest absolute Gasteiger partial charge is 0.361 e. The Balaban J connectivity index is 0. The molecule has 86 valence electrons. The molecule has 0 saturated carbocycles. The van der Waals surface area contributed by atoms with E-state index in [9.17, 15) is 4.79 Å². The normalized spacial score (nSPS) is 12.9. The van der Waals surface area contributed by atoms with E-state index in [-0.39, 0.29) is 23.0 Å². The molecule has 14 heavy (non-hydrogen) atoms. The molecule has 0 aromatic rings. The second-order valence-electron chi connectivity index (χ2n) is 3.93. The van der Waals surface area contributed by atoms with Crippen LogP contribution in [0.15, 0.2) is 0 Å². The summed E-state index contributed by atoms with van der Waals surface area (Å²) in [6, 6.07) is 0. The van der Waals surface area contributed by atoms with Gasteiger partial charge in [0, 0.05) is 0 Å². The number of carbonyl (C=O) groups excluding carboxylic acids is 1. The van der Waals surface area contributed by atoms with Gasteiger partial charge in [0.15, 0.2) is 6.54 Å². The largest absolute Gasteiger partial charge is 1.00 e. The first-order valence-electron chi connectivity index (χ1n) is 4.53. The van der Waals surface area contributed by atoms with Crippen molar-refractivity contribution in [1.29, 1.82) is 0 Å². The highest BCUT2D eigenvalue weighted by atomic mass is 79.9. The maximum Gasteiger partial charge on any atom is 0.361 e. The van der Waals surface area contributed by atoms with Crippen LogP contribution in [0.1, 0.15) is 13.8 Å². The highest BCUT2D eigenvalue weighted by molar-refractivity contribution is 5.70. The van der Waals surface area contributed by atoms with Gasteiger partial charge < -0.3 is 31.3 Å². The summed E-state index contributed by atoms with van der Waals surface area (Å²) in [6.45, 7) is 4.77. The van der Waals surface area contributed by atoms with Crippen LogP contribution in [-0.2, 0) is 9.53 Å². The maximum atomic E-state index is 11.1. The number of hydrogen-bond donors (Lipinski definition) is 1. The van der Waals surface area contributed by atoms with Crippen molar-refractivity contribution >= 4 is 5.97 Å². The molecule has 0 radical (unpaired) electrons. The van der Waals surface area contributed by atoms with E-state index in [4.69, 9.17) is 9.84 Å². The van der Waals surface area contributed by atoms with Gasteiger partial charge in [-0.3, -0.25) is 0 Å². The first-order chi connectivity index (χ1) is 5.87. The van der Waals surface area contributed by atoms with Gasteiger partial charge >= 0.3 is 5.97 Å². The Kier molecular flexibility index (Phi) is 8.39. The molecule has 0 aliphatic heterocycles. The Labute approximate surface area is 96.2 Å². The van der Waals surface area contributed by atoms with Gasteiger partial charge in [-0.15, -0.1) is 0 Å². The second kappa shape index (κ2) is 7.20. The fourth-order valence-corrected chi connectivity index (χ4v) is 1.34. The SMILES string of the molecule is CCOC(=O)C[N+](C)(C)CC(C)O.[Br-]. The number of esters is 1. The Bertz CT molecular complexity index is 171. The zero-order valence-corrected chi connectivity index (χ0v) is 10.9. The molecule has 0 rings (SSSR count). The summed E-state index contributed by atoms with van der Waals surface area (Å²) in [4.78, 5) is 11.1. The summed E-state index contributed by atoms with van der Waals surface area (Å²) >= 11 is 0. The van der Waals surface area contributed by atoms with Crippen LogP contribution in [0.25, 0.3) is 0 Å². The molecule has 0 aromatic heterocycles. The predicted octanol–water partition coefficient (Wildman–Crippen LogP) is -2.99. The zero-order valence-electron chi connectivity index (χ0n) is 9.29. The van der Waals surface area contributed by atoms with Gasteiger partial charge in [0.25, 0.3) is 0 Å². The van der Waals surface area contributed by atoms with Gasteiger partial charge in [-0.05, 0) is 13.8 Å². The van der Waals surface area contributed by atoms with Gasteiger partial charge in [-0.2, -0.15) is 0 Å². The van der Waals surface area contributed by atoms with E-state index in [2.05, 4.69) is 0 Å². The molecular formula is C9H20BrNO3. The molecule has 1 atom stereocenters. The number of aliphatic hydroxyl groups excluding tert-OH is 1. The summed E-state index contributed by atoms with van der Waals surface area (Å²) in [5, 5.41) is 9.16. The maximum absolute atomic E-state index is 11.1. The van der Waals surface area contributed by atoms with E-state index in [1.54, 1.807) is 13.8 Å². The van der Waals surface area contributed by atoms with Crippen molar-refractivity contribution in [2.24, 2.45) is 0 Å². The molecule has 0 amide bonds. The summed E-state index contributed by atoms with van der Waals surface area (Å²) in [5.74, 6) is -0.215. The molecule has 1 N–H and O–H groups in total. The summed E-state index contributed by atoms with van der Waals surface area (Å²) in [6.07, 6.45) is -0.399. The van der Waals surface area contributed by atoms with Gasteiger partial charge in [-0.1, -0.05) is 0 Å². The highest BCUT2D eigenvalue weighted by Crippen LogP contribution is 2.00. The standard InChI is InChI=1S/C9H20NO3.BrH/c1-5-13-9(12)7-10(3,4)6-8(2)11;/h8,11H,5-7H2,1-4H3;1H/q+1;/p-1. The molecule has 0 heterocycles. The van der Waals surface area contributed by atoms with E-state index < -0.39 is 6.10 Å².